The number of hydrogen-bond donors (Lipinski definition) is 0. The molecule has 0 bridgehead atoms. The van der Waals surface area contributed by atoms with Crippen LogP contribution in [0.4, 0.5) is 4.79 Å². The van der Waals surface area contributed by atoms with E-state index in [2.05, 4.69) is 26.2 Å². The number of cyclic esters (lactones) is 1. The quantitative estimate of drug-likeness (QED) is 0.307. The maximum Gasteiger partial charge on any atom is 0.416 e. The molecule has 1 aliphatic rings. The second kappa shape index (κ2) is 11.6. The molecule has 35 heavy (non-hydrogen) atoms. The number of ether oxygens (including phenoxy) is 3. The van der Waals surface area contributed by atoms with Crippen LogP contribution in [0.3, 0.4) is 0 Å². The lowest BCUT2D eigenvalue weighted by molar-refractivity contribution is -0.136. The molecule has 0 saturated carbocycles. The van der Waals surface area contributed by atoms with Gasteiger partial charge in [0, 0.05) is 0 Å². The Kier molecular flexibility index (Phi) is 8.75. The van der Waals surface area contributed by atoms with E-state index in [-0.39, 0.29) is 18.6 Å². The zero-order valence-electron chi connectivity index (χ0n) is 21.2. The van der Waals surface area contributed by atoms with E-state index >= 15 is 0 Å². The molecule has 2 aromatic carbocycles. The van der Waals surface area contributed by atoms with Crippen molar-refractivity contribution < 1.29 is 28.2 Å². The third-order valence-corrected chi connectivity index (χ3v) is 6.79. The Labute approximate surface area is 208 Å². The molecular weight excluding hydrogens is 462 g/mol. The average Bonchev–Trinajstić information content (AvgIpc) is 3.20. The van der Waals surface area contributed by atoms with Crippen molar-refractivity contribution in [3.8, 4) is 11.5 Å². The third kappa shape index (κ3) is 6.52. The first kappa shape index (κ1) is 26.5. The SMILES string of the molecule is C=CC[C@@H](C(=O)N1C(=O)OC[C@@H]1Cc1ccccc1)[C@H](O[Si](C)(C)C)c1ccc(OC)c(OC)c1. The molecule has 1 aliphatic heterocycles. The highest BCUT2D eigenvalue weighted by molar-refractivity contribution is 6.69. The largest absolute Gasteiger partial charge is 0.493 e. The van der Waals surface area contributed by atoms with Gasteiger partial charge in [0.1, 0.15) is 6.61 Å². The van der Waals surface area contributed by atoms with Gasteiger partial charge in [0.2, 0.25) is 5.91 Å². The van der Waals surface area contributed by atoms with E-state index in [4.69, 9.17) is 18.6 Å². The Bertz CT molecular complexity index is 1040. The molecule has 0 aliphatic carbocycles. The van der Waals surface area contributed by atoms with Gasteiger partial charge in [0.25, 0.3) is 0 Å². The first-order chi connectivity index (χ1) is 16.7. The number of imide groups is 1. The Hall–Kier alpha value is -3.10. The second-order valence-corrected chi connectivity index (χ2v) is 14.0. The lowest BCUT2D eigenvalue weighted by atomic mass is 9.90. The number of carbonyl (C=O) groups excluding carboxylic acids is 2. The number of benzene rings is 2. The van der Waals surface area contributed by atoms with Crippen LogP contribution in [0.15, 0.2) is 61.2 Å². The van der Waals surface area contributed by atoms with Crippen LogP contribution in [-0.4, -0.2) is 52.1 Å². The smallest absolute Gasteiger partial charge is 0.416 e. The summed E-state index contributed by atoms with van der Waals surface area (Å²) in [6, 6.07) is 14.9. The van der Waals surface area contributed by atoms with Crippen molar-refractivity contribution in [1.29, 1.82) is 0 Å². The van der Waals surface area contributed by atoms with Crippen LogP contribution in [0, 0.1) is 5.92 Å². The lowest BCUT2D eigenvalue weighted by Gasteiger charge is -2.34. The first-order valence-electron chi connectivity index (χ1n) is 11.7. The maximum absolute atomic E-state index is 14.0. The van der Waals surface area contributed by atoms with Crippen LogP contribution < -0.4 is 9.47 Å². The van der Waals surface area contributed by atoms with Gasteiger partial charge in [-0.25, -0.2) is 9.69 Å². The fraction of sp³-hybridized carbons (Fsp3) is 0.407. The van der Waals surface area contributed by atoms with E-state index in [0.717, 1.165) is 11.1 Å². The predicted octanol–water partition coefficient (Wildman–Crippen LogP) is 5.38. The molecule has 188 valence electrons. The molecule has 1 heterocycles. The highest BCUT2D eigenvalue weighted by atomic mass is 28.4. The Morgan fingerprint density at radius 2 is 1.83 bits per heavy atom. The minimum Gasteiger partial charge on any atom is -0.493 e. The number of carbonyl (C=O) groups is 2. The summed E-state index contributed by atoms with van der Waals surface area (Å²) in [5.74, 6) is 0.134. The van der Waals surface area contributed by atoms with Crippen LogP contribution in [0.5, 0.6) is 11.5 Å². The van der Waals surface area contributed by atoms with Crippen LogP contribution in [0.1, 0.15) is 23.7 Å². The Morgan fingerprint density at radius 3 is 2.43 bits per heavy atom. The summed E-state index contributed by atoms with van der Waals surface area (Å²) in [5.41, 5.74) is 1.81. The minimum atomic E-state index is -2.12. The summed E-state index contributed by atoms with van der Waals surface area (Å²) in [7, 11) is 1.02. The zero-order valence-corrected chi connectivity index (χ0v) is 22.2. The van der Waals surface area contributed by atoms with E-state index in [9.17, 15) is 9.59 Å². The van der Waals surface area contributed by atoms with Gasteiger partial charge in [0.15, 0.2) is 19.8 Å². The molecule has 3 rings (SSSR count). The summed E-state index contributed by atoms with van der Waals surface area (Å²) in [5, 5.41) is 0. The molecule has 8 heteroatoms. The standard InChI is InChI=1S/C27H35NO6Si/c1-7-11-22(25(34-35(4,5)6)20-14-15-23(31-2)24(17-20)32-3)26(29)28-21(18-33-27(28)30)16-19-12-9-8-10-13-19/h7-10,12-15,17,21-22,25H,1,11,16,18H2,2-6H3/t21-,22+,25+/m0/s1. The Morgan fingerprint density at radius 1 is 1.14 bits per heavy atom. The molecule has 7 nitrogen and oxygen atoms in total. The molecule has 0 spiro atoms. The van der Waals surface area contributed by atoms with E-state index in [0.29, 0.717) is 24.3 Å². The van der Waals surface area contributed by atoms with Crippen LogP contribution in [0.25, 0.3) is 0 Å². The number of amides is 2. The topological polar surface area (TPSA) is 74.3 Å². The van der Waals surface area contributed by atoms with Gasteiger partial charge in [-0.3, -0.25) is 4.79 Å². The molecule has 1 saturated heterocycles. The predicted molar refractivity (Wildman–Crippen MR) is 137 cm³/mol. The van der Waals surface area contributed by atoms with Gasteiger partial charge in [-0.15, -0.1) is 6.58 Å². The highest BCUT2D eigenvalue weighted by Gasteiger charge is 2.44. The number of hydrogen-bond acceptors (Lipinski definition) is 6. The molecular formula is C27H35NO6Si. The molecule has 2 aromatic rings. The molecule has 3 atom stereocenters. The van der Waals surface area contributed by atoms with Crippen LogP contribution >= 0.6 is 0 Å². The first-order valence-corrected chi connectivity index (χ1v) is 15.1. The summed E-state index contributed by atoms with van der Waals surface area (Å²) in [4.78, 5) is 28.0. The van der Waals surface area contributed by atoms with Crippen molar-refractivity contribution in [1.82, 2.24) is 4.90 Å². The summed E-state index contributed by atoms with van der Waals surface area (Å²) >= 11 is 0. The minimum absolute atomic E-state index is 0.163. The molecule has 0 N–H and O–H groups in total. The number of allylic oxidation sites excluding steroid dienone is 1. The van der Waals surface area contributed by atoms with Gasteiger partial charge >= 0.3 is 6.09 Å². The number of rotatable bonds is 11. The van der Waals surface area contributed by atoms with Crippen LogP contribution in [-0.2, 0) is 20.4 Å². The van der Waals surface area contributed by atoms with Gasteiger partial charge in [-0.2, -0.15) is 0 Å². The van der Waals surface area contributed by atoms with Gasteiger partial charge in [-0.1, -0.05) is 42.5 Å². The summed E-state index contributed by atoms with van der Waals surface area (Å²) < 4.78 is 22.8. The fourth-order valence-corrected chi connectivity index (χ4v) is 5.33. The fourth-order valence-electron chi connectivity index (χ4n) is 4.27. The average molecular weight is 498 g/mol. The molecule has 0 radical (unpaired) electrons. The monoisotopic (exact) mass is 497 g/mol. The summed E-state index contributed by atoms with van der Waals surface area (Å²) in [6.45, 7) is 10.2. The van der Waals surface area contributed by atoms with Crippen molar-refractivity contribution in [2.75, 3.05) is 20.8 Å². The van der Waals surface area contributed by atoms with Crippen molar-refractivity contribution in [2.45, 2.75) is 44.6 Å². The second-order valence-electron chi connectivity index (χ2n) is 9.52. The van der Waals surface area contributed by atoms with E-state index < -0.39 is 26.4 Å². The Balaban J connectivity index is 1.99. The molecule has 0 aromatic heterocycles. The number of nitrogens with zero attached hydrogens (tertiary/aromatic N) is 1. The lowest BCUT2D eigenvalue weighted by Crippen LogP contribution is -2.46. The van der Waals surface area contributed by atoms with Crippen molar-refractivity contribution in [3.05, 3.63) is 72.3 Å². The van der Waals surface area contributed by atoms with E-state index in [1.165, 1.54) is 4.90 Å². The van der Waals surface area contributed by atoms with Crippen molar-refractivity contribution >= 4 is 20.3 Å². The van der Waals surface area contributed by atoms with Crippen molar-refractivity contribution in [3.63, 3.8) is 0 Å². The van der Waals surface area contributed by atoms with Crippen LogP contribution in [0.2, 0.25) is 19.6 Å². The maximum atomic E-state index is 14.0. The van der Waals surface area contributed by atoms with Crippen molar-refractivity contribution in [2.24, 2.45) is 5.92 Å². The normalized spacial score (nSPS) is 17.5. The molecule has 2 amide bonds. The third-order valence-electron chi connectivity index (χ3n) is 5.83. The van der Waals surface area contributed by atoms with Gasteiger partial charge < -0.3 is 18.6 Å². The molecule has 0 unspecified atom stereocenters. The number of methoxy groups -OCH3 is 2. The van der Waals surface area contributed by atoms with E-state index in [1.807, 2.05) is 42.5 Å². The van der Waals surface area contributed by atoms with Gasteiger partial charge in [-0.05, 0) is 55.7 Å². The van der Waals surface area contributed by atoms with Gasteiger partial charge in [0.05, 0.1) is 32.3 Å². The highest BCUT2D eigenvalue weighted by Crippen LogP contribution is 2.38. The summed E-state index contributed by atoms with van der Waals surface area (Å²) in [6.07, 6.45) is 1.33. The molecule has 1 fully saturated rings. The zero-order chi connectivity index (χ0) is 25.6. The van der Waals surface area contributed by atoms with E-state index in [1.54, 1.807) is 26.4 Å².